The molecule has 0 spiro atoms. The van der Waals surface area contributed by atoms with Gasteiger partial charge in [-0.05, 0) is 45.2 Å². The number of carbonyl (C=O) groups excluding carboxylic acids is 2. The molecule has 1 amide bonds. The van der Waals surface area contributed by atoms with E-state index in [9.17, 15) is 9.59 Å². The molecule has 2 aliphatic heterocycles. The third-order valence-electron chi connectivity index (χ3n) is 5.03. The van der Waals surface area contributed by atoms with Gasteiger partial charge in [0.05, 0.1) is 19.7 Å². The number of nitrogens with zero attached hydrogens (tertiary/aromatic N) is 3. The summed E-state index contributed by atoms with van der Waals surface area (Å²) < 4.78 is 12.2. The van der Waals surface area contributed by atoms with Crippen molar-refractivity contribution < 1.29 is 19.1 Å². The lowest BCUT2D eigenvalue weighted by Gasteiger charge is -2.29. The fraction of sp³-hybridized carbons (Fsp3) is 0.722. The first-order valence-corrected chi connectivity index (χ1v) is 9.47. The monoisotopic (exact) mass is 436 g/mol. The third-order valence-corrected chi connectivity index (χ3v) is 5.03. The van der Waals surface area contributed by atoms with Gasteiger partial charge in [-0.2, -0.15) is 4.98 Å². The molecular weight excluding hydrogens is 407 g/mol. The van der Waals surface area contributed by atoms with E-state index >= 15 is 0 Å². The molecule has 0 saturated carbocycles. The highest BCUT2D eigenvalue weighted by atomic mass is 35.5. The van der Waals surface area contributed by atoms with Gasteiger partial charge in [-0.3, -0.25) is 9.59 Å². The van der Waals surface area contributed by atoms with E-state index in [-0.39, 0.29) is 55.8 Å². The first-order chi connectivity index (χ1) is 12.7. The summed E-state index contributed by atoms with van der Waals surface area (Å²) >= 11 is 0. The standard InChI is InChI=1S/C18H28N4O4.2ClH/c1-25-16(23)7-12-26-15-13-22(14-5-8-19-9-6-14)17(20-15)18(24)21-10-3-2-4-11-21;;/h13-14,19H,2-12H2,1H3;2*1H. The van der Waals surface area contributed by atoms with E-state index in [4.69, 9.17) is 4.74 Å². The first-order valence-electron chi connectivity index (χ1n) is 9.47. The van der Waals surface area contributed by atoms with Crippen LogP contribution in [-0.4, -0.2) is 66.2 Å². The molecule has 160 valence electrons. The van der Waals surface area contributed by atoms with Crippen LogP contribution in [0.3, 0.4) is 0 Å². The highest BCUT2D eigenvalue weighted by molar-refractivity contribution is 5.91. The molecule has 8 nitrogen and oxygen atoms in total. The van der Waals surface area contributed by atoms with E-state index in [1.165, 1.54) is 13.5 Å². The zero-order chi connectivity index (χ0) is 18.4. The topological polar surface area (TPSA) is 85.7 Å². The molecule has 0 bridgehead atoms. The predicted octanol–water partition coefficient (Wildman–Crippen LogP) is 2.22. The van der Waals surface area contributed by atoms with Crippen LogP contribution in [0.2, 0.25) is 0 Å². The number of amides is 1. The number of likely N-dealkylation sites (tertiary alicyclic amines) is 1. The second-order valence-electron chi connectivity index (χ2n) is 6.82. The second kappa shape index (κ2) is 12.1. The Balaban J connectivity index is 0.00000196. The van der Waals surface area contributed by atoms with Crippen molar-refractivity contribution in [1.29, 1.82) is 0 Å². The lowest BCUT2D eigenvalue weighted by molar-refractivity contribution is -0.141. The number of imidazole rings is 1. The summed E-state index contributed by atoms with van der Waals surface area (Å²) in [6, 6.07) is 0.241. The molecule has 0 unspecified atom stereocenters. The van der Waals surface area contributed by atoms with Crippen molar-refractivity contribution in [3.8, 4) is 5.88 Å². The number of hydrogen-bond acceptors (Lipinski definition) is 6. The number of methoxy groups -OCH3 is 1. The van der Waals surface area contributed by atoms with Gasteiger partial charge in [0, 0.05) is 19.1 Å². The van der Waals surface area contributed by atoms with E-state index in [0.717, 1.165) is 51.9 Å². The zero-order valence-electron chi connectivity index (χ0n) is 16.2. The quantitative estimate of drug-likeness (QED) is 0.687. The molecular formula is C18H30Cl2N4O4. The fourth-order valence-electron chi connectivity index (χ4n) is 3.54. The van der Waals surface area contributed by atoms with Gasteiger partial charge in [0.25, 0.3) is 5.91 Å². The lowest BCUT2D eigenvalue weighted by atomic mass is 10.1. The molecule has 1 aromatic rings. The normalized spacial score (nSPS) is 17.2. The van der Waals surface area contributed by atoms with Crippen molar-refractivity contribution in [2.75, 3.05) is 39.9 Å². The smallest absolute Gasteiger partial charge is 0.308 e. The molecule has 0 radical (unpaired) electrons. The molecule has 10 heteroatoms. The van der Waals surface area contributed by atoms with Gasteiger partial charge >= 0.3 is 5.97 Å². The Kier molecular flexibility index (Phi) is 10.6. The van der Waals surface area contributed by atoms with E-state index in [2.05, 4.69) is 15.0 Å². The summed E-state index contributed by atoms with van der Waals surface area (Å²) in [5.74, 6) is 0.498. The fourth-order valence-corrected chi connectivity index (χ4v) is 3.54. The van der Waals surface area contributed by atoms with Crippen LogP contribution in [-0.2, 0) is 9.53 Å². The number of rotatable bonds is 6. The number of hydrogen-bond donors (Lipinski definition) is 1. The van der Waals surface area contributed by atoms with Gasteiger partial charge in [-0.25, -0.2) is 0 Å². The van der Waals surface area contributed by atoms with Gasteiger partial charge in [0.1, 0.15) is 6.61 Å². The minimum Gasteiger partial charge on any atom is -0.476 e. The average Bonchev–Trinajstić information content (AvgIpc) is 3.12. The Morgan fingerprint density at radius 2 is 1.86 bits per heavy atom. The average molecular weight is 437 g/mol. The molecule has 2 fully saturated rings. The highest BCUT2D eigenvalue weighted by Gasteiger charge is 2.27. The van der Waals surface area contributed by atoms with Crippen molar-refractivity contribution >= 4 is 36.7 Å². The minimum atomic E-state index is -0.326. The molecule has 0 aliphatic carbocycles. The van der Waals surface area contributed by atoms with Gasteiger partial charge in [-0.15, -0.1) is 24.8 Å². The maximum atomic E-state index is 13.0. The molecule has 0 atom stereocenters. The summed E-state index contributed by atoms with van der Waals surface area (Å²) in [5.41, 5.74) is 0. The number of carbonyl (C=O) groups is 2. The first kappa shape index (κ1) is 24.5. The van der Waals surface area contributed by atoms with Crippen molar-refractivity contribution in [3.63, 3.8) is 0 Å². The lowest BCUT2D eigenvalue weighted by Crippen LogP contribution is -2.38. The van der Waals surface area contributed by atoms with Crippen molar-refractivity contribution in [1.82, 2.24) is 19.8 Å². The van der Waals surface area contributed by atoms with Crippen LogP contribution in [0, 0.1) is 0 Å². The van der Waals surface area contributed by atoms with Gasteiger partial charge in [0.2, 0.25) is 11.7 Å². The van der Waals surface area contributed by atoms with Gasteiger partial charge in [0.15, 0.2) is 0 Å². The molecule has 1 N–H and O–H groups in total. The molecule has 0 aromatic carbocycles. The third kappa shape index (κ3) is 6.25. The Morgan fingerprint density at radius 1 is 1.18 bits per heavy atom. The summed E-state index contributed by atoms with van der Waals surface area (Å²) in [4.78, 5) is 30.6. The van der Waals surface area contributed by atoms with Gasteiger partial charge in [-0.1, -0.05) is 0 Å². The predicted molar refractivity (Wildman–Crippen MR) is 110 cm³/mol. The van der Waals surface area contributed by atoms with E-state index in [0.29, 0.717) is 11.7 Å². The Bertz CT molecular complexity index is 629. The summed E-state index contributed by atoms with van der Waals surface area (Å²) in [5, 5.41) is 3.34. The van der Waals surface area contributed by atoms with E-state index < -0.39 is 0 Å². The zero-order valence-corrected chi connectivity index (χ0v) is 17.9. The number of esters is 1. The van der Waals surface area contributed by atoms with E-state index in [1.54, 1.807) is 0 Å². The molecule has 28 heavy (non-hydrogen) atoms. The van der Waals surface area contributed by atoms with Crippen LogP contribution in [0.4, 0.5) is 0 Å². The number of aromatic nitrogens is 2. The Morgan fingerprint density at radius 3 is 2.50 bits per heavy atom. The number of nitrogens with one attached hydrogen (secondary N) is 1. The van der Waals surface area contributed by atoms with Crippen molar-refractivity contribution in [3.05, 3.63) is 12.0 Å². The number of halogens is 2. The van der Waals surface area contributed by atoms with Crippen molar-refractivity contribution in [2.45, 2.75) is 44.6 Å². The van der Waals surface area contributed by atoms with Crippen LogP contribution in [0.25, 0.3) is 0 Å². The summed E-state index contributed by atoms with van der Waals surface area (Å²) in [7, 11) is 1.35. The molecule has 3 rings (SSSR count). The SMILES string of the molecule is COC(=O)CCOc1cn(C2CCNCC2)c(C(=O)N2CCCCC2)n1.Cl.Cl. The molecule has 2 aliphatic rings. The maximum Gasteiger partial charge on any atom is 0.308 e. The Hall–Kier alpha value is -1.51. The van der Waals surface area contributed by atoms with E-state index in [1.807, 2.05) is 15.7 Å². The number of ether oxygens (including phenoxy) is 2. The Labute approximate surface area is 178 Å². The largest absolute Gasteiger partial charge is 0.476 e. The number of piperidine rings is 2. The second-order valence-corrected chi connectivity index (χ2v) is 6.82. The van der Waals surface area contributed by atoms with Crippen LogP contribution in [0.15, 0.2) is 6.20 Å². The van der Waals surface area contributed by atoms with Crippen LogP contribution < -0.4 is 10.1 Å². The van der Waals surface area contributed by atoms with Gasteiger partial charge < -0.3 is 24.3 Å². The molecule has 3 heterocycles. The molecule has 1 aromatic heterocycles. The van der Waals surface area contributed by atoms with Crippen LogP contribution in [0.5, 0.6) is 5.88 Å². The molecule has 2 saturated heterocycles. The van der Waals surface area contributed by atoms with Crippen LogP contribution >= 0.6 is 24.8 Å². The maximum absolute atomic E-state index is 13.0. The van der Waals surface area contributed by atoms with Crippen molar-refractivity contribution in [2.24, 2.45) is 0 Å². The van der Waals surface area contributed by atoms with Crippen LogP contribution in [0.1, 0.15) is 55.2 Å². The summed E-state index contributed by atoms with van der Waals surface area (Å²) in [6.45, 7) is 3.62. The summed E-state index contributed by atoms with van der Waals surface area (Å²) in [6.07, 6.45) is 7.14. The minimum absolute atomic E-state index is 0. The highest BCUT2D eigenvalue weighted by Crippen LogP contribution is 2.25.